The Kier molecular flexibility index (Phi) is 6.13. The van der Waals surface area contributed by atoms with Crippen LogP contribution in [0.3, 0.4) is 0 Å². The minimum atomic E-state index is -4.56. The van der Waals surface area contributed by atoms with E-state index < -0.39 is 11.7 Å². The molecule has 0 aliphatic carbocycles. The van der Waals surface area contributed by atoms with Crippen molar-refractivity contribution in [3.05, 3.63) is 71.9 Å². The van der Waals surface area contributed by atoms with E-state index >= 15 is 0 Å². The van der Waals surface area contributed by atoms with Crippen molar-refractivity contribution < 1.29 is 13.2 Å². The molecule has 3 aromatic rings. The summed E-state index contributed by atoms with van der Waals surface area (Å²) in [5.74, 6) is -0.205. The van der Waals surface area contributed by atoms with Gasteiger partial charge >= 0.3 is 6.18 Å². The molecule has 2 N–H and O–H groups in total. The zero-order valence-electron chi connectivity index (χ0n) is 15.4. The average molecular weight is 386 g/mol. The van der Waals surface area contributed by atoms with E-state index in [0.29, 0.717) is 11.4 Å². The van der Waals surface area contributed by atoms with Crippen LogP contribution >= 0.6 is 0 Å². The van der Waals surface area contributed by atoms with Crippen LogP contribution in [0.1, 0.15) is 30.9 Å². The highest BCUT2D eigenvalue weighted by Gasteiger charge is 2.35. The molecule has 28 heavy (non-hydrogen) atoms. The zero-order valence-corrected chi connectivity index (χ0v) is 15.4. The summed E-state index contributed by atoms with van der Waals surface area (Å²) in [5.41, 5.74) is 1.52. The van der Waals surface area contributed by atoms with Gasteiger partial charge in [-0.25, -0.2) is 4.98 Å². The molecule has 0 aliphatic heterocycles. The molecule has 3 rings (SSSR count). The molecule has 2 aromatic carbocycles. The Morgan fingerprint density at radius 2 is 1.57 bits per heavy atom. The number of para-hydroxylation sites is 1. The first-order chi connectivity index (χ1) is 13.5. The summed E-state index contributed by atoms with van der Waals surface area (Å²) in [5, 5.41) is 5.69. The van der Waals surface area contributed by atoms with Crippen molar-refractivity contribution in [2.45, 2.75) is 32.4 Å². The minimum Gasteiger partial charge on any atom is -0.340 e. The molecule has 4 nitrogen and oxygen atoms in total. The Balaban J connectivity index is 1.83. The molecule has 0 amide bonds. The van der Waals surface area contributed by atoms with Crippen LogP contribution < -0.4 is 10.6 Å². The van der Waals surface area contributed by atoms with Gasteiger partial charge in [-0.1, -0.05) is 43.7 Å². The maximum atomic E-state index is 13.3. The maximum Gasteiger partial charge on any atom is 0.421 e. The molecular formula is C21H21F3N4. The maximum absolute atomic E-state index is 13.3. The number of alkyl halides is 3. The number of unbranched alkanes of at least 4 members (excludes halogenated alkanes) is 1. The van der Waals surface area contributed by atoms with Crippen LogP contribution in [-0.4, -0.2) is 9.97 Å². The number of halogens is 3. The molecule has 1 aromatic heterocycles. The highest BCUT2D eigenvalue weighted by Crippen LogP contribution is 2.35. The molecule has 0 atom stereocenters. The molecule has 7 heteroatoms. The Morgan fingerprint density at radius 3 is 2.21 bits per heavy atom. The number of nitrogens with one attached hydrogen (secondary N) is 2. The molecule has 0 radical (unpaired) electrons. The van der Waals surface area contributed by atoms with Crippen molar-refractivity contribution in [3.63, 3.8) is 0 Å². The molecule has 0 aliphatic rings. The smallest absolute Gasteiger partial charge is 0.340 e. The third-order valence-corrected chi connectivity index (χ3v) is 4.16. The summed E-state index contributed by atoms with van der Waals surface area (Å²) < 4.78 is 39.9. The van der Waals surface area contributed by atoms with Gasteiger partial charge in [-0.2, -0.15) is 18.2 Å². The van der Waals surface area contributed by atoms with Gasteiger partial charge in [-0.05, 0) is 42.7 Å². The van der Waals surface area contributed by atoms with Crippen molar-refractivity contribution >= 4 is 23.1 Å². The summed E-state index contributed by atoms with van der Waals surface area (Å²) in [6.07, 6.45) is -0.536. The molecule has 0 spiro atoms. The molecule has 0 saturated heterocycles. The standard InChI is InChI=1S/C21H21F3N4/c1-2-3-7-15-10-12-17(13-11-15)27-20-25-14-18(21(22,23)24)19(28-20)26-16-8-5-4-6-9-16/h4-6,8-14H,2-3,7H2,1H3,(H2,25,26,27,28). The van der Waals surface area contributed by atoms with Crippen LogP contribution in [0.15, 0.2) is 60.8 Å². The third kappa shape index (κ3) is 5.22. The number of hydrogen-bond donors (Lipinski definition) is 2. The van der Waals surface area contributed by atoms with Crippen molar-refractivity contribution in [1.29, 1.82) is 0 Å². The first kappa shape index (κ1) is 19.7. The summed E-state index contributed by atoms with van der Waals surface area (Å²) >= 11 is 0. The van der Waals surface area contributed by atoms with Gasteiger partial charge in [0.25, 0.3) is 0 Å². The quantitative estimate of drug-likeness (QED) is 0.498. The Hall–Kier alpha value is -3.09. The number of benzene rings is 2. The normalized spacial score (nSPS) is 11.3. The second-order valence-corrected chi connectivity index (χ2v) is 6.37. The van der Waals surface area contributed by atoms with Crippen molar-refractivity contribution in [3.8, 4) is 0 Å². The first-order valence-corrected chi connectivity index (χ1v) is 9.08. The van der Waals surface area contributed by atoms with Crippen molar-refractivity contribution in [2.75, 3.05) is 10.6 Å². The van der Waals surface area contributed by atoms with Crippen LogP contribution in [0, 0.1) is 0 Å². The van der Waals surface area contributed by atoms with Gasteiger partial charge in [0.1, 0.15) is 11.4 Å². The van der Waals surface area contributed by atoms with Crippen LogP contribution in [-0.2, 0) is 12.6 Å². The van der Waals surface area contributed by atoms with E-state index in [-0.39, 0.29) is 11.8 Å². The van der Waals surface area contributed by atoms with E-state index in [1.54, 1.807) is 30.3 Å². The topological polar surface area (TPSA) is 49.8 Å². The van der Waals surface area contributed by atoms with Gasteiger partial charge < -0.3 is 10.6 Å². The molecule has 0 unspecified atom stereocenters. The molecule has 146 valence electrons. The average Bonchev–Trinajstić information content (AvgIpc) is 2.67. The van der Waals surface area contributed by atoms with E-state index in [2.05, 4.69) is 27.5 Å². The highest BCUT2D eigenvalue weighted by atomic mass is 19.4. The van der Waals surface area contributed by atoms with Gasteiger partial charge in [0, 0.05) is 17.6 Å². The van der Waals surface area contributed by atoms with Gasteiger partial charge in [-0.3, -0.25) is 0 Å². The number of aryl methyl sites for hydroxylation is 1. The van der Waals surface area contributed by atoms with Gasteiger partial charge in [0.2, 0.25) is 5.95 Å². The number of rotatable bonds is 7. The Labute approximate surface area is 161 Å². The van der Waals surface area contributed by atoms with Crippen LogP contribution in [0.25, 0.3) is 0 Å². The van der Waals surface area contributed by atoms with E-state index in [1.165, 1.54) is 5.56 Å². The first-order valence-electron chi connectivity index (χ1n) is 9.08. The van der Waals surface area contributed by atoms with E-state index in [1.807, 2.05) is 24.3 Å². The van der Waals surface area contributed by atoms with E-state index in [9.17, 15) is 13.2 Å². The minimum absolute atomic E-state index is 0.0905. The van der Waals surface area contributed by atoms with Gasteiger partial charge in [0.05, 0.1) is 0 Å². The van der Waals surface area contributed by atoms with E-state index in [0.717, 1.165) is 25.5 Å². The lowest BCUT2D eigenvalue weighted by Gasteiger charge is -2.15. The highest BCUT2D eigenvalue weighted by molar-refractivity contribution is 5.62. The predicted molar refractivity (Wildman–Crippen MR) is 105 cm³/mol. The second kappa shape index (κ2) is 8.73. The van der Waals surface area contributed by atoms with Crippen molar-refractivity contribution in [1.82, 2.24) is 9.97 Å². The molecule has 0 saturated carbocycles. The monoisotopic (exact) mass is 386 g/mol. The number of hydrogen-bond acceptors (Lipinski definition) is 4. The van der Waals surface area contributed by atoms with Gasteiger partial charge in [-0.15, -0.1) is 0 Å². The molecular weight excluding hydrogens is 365 g/mol. The van der Waals surface area contributed by atoms with Crippen LogP contribution in [0.4, 0.5) is 36.3 Å². The number of nitrogens with zero attached hydrogens (tertiary/aromatic N) is 2. The number of aromatic nitrogens is 2. The fraction of sp³-hybridized carbons (Fsp3) is 0.238. The molecule has 1 heterocycles. The largest absolute Gasteiger partial charge is 0.421 e. The van der Waals surface area contributed by atoms with Crippen molar-refractivity contribution in [2.24, 2.45) is 0 Å². The second-order valence-electron chi connectivity index (χ2n) is 6.37. The summed E-state index contributed by atoms with van der Waals surface area (Å²) in [7, 11) is 0. The van der Waals surface area contributed by atoms with E-state index in [4.69, 9.17) is 0 Å². The lowest BCUT2D eigenvalue weighted by atomic mass is 10.1. The van der Waals surface area contributed by atoms with Crippen LogP contribution in [0.2, 0.25) is 0 Å². The fourth-order valence-corrected chi connectivity index (χ4v) is 2.67. The molecule has 0 bridgehead atoms. The predicted octanol–water partition coefficient (Wildman–Crippen LogP) is 6.33. The fourth-order valence-electron chi connectivity index (χ4n) is 2.67. The Bertz CT molecular complexity index is 894. The van der Waals surface area contributed by atoms with Crippen LogP contribution in [0.5, 0.6) is 0 Å². The lowest BCUT2D eigenvalue weighted by molar-refractivity contribution is -0.137. The third-order valence-electron chi connectivity index (χ3n) is 4.16. The summed E-state index contributed by atoms with van der Waals surface area (Å²) in [4.78, 5) is 7.88. The Morgan fingerprint density at radius 1 is 0.893 bits per heavy atom. The summed E-state index contributed by atoms with van der Waals surface area (Å²) in [6, 6.07) is 16.3. The SMILES string of the molecule is CCCCc1ccc(Nc2ncc(C(F)(F)F)c(Nc3ccccc3)n2)cc1. The molecule has 0 fully saturated rings. The van der Waals surface area contributed by atoms with Gasteiger partial charge in [0.15, 0.2) is 0 Å². The summed E-state index contributed by atoms with van der Waals surface area (Å²) in [6.45, 7) is 2.14. The lowest BCUT2D eigenvalue weighted by Crippen LogP contribution is -2.12. The number of anilines is 4. The zero-order chi connectivity index (χ0) is 20.0.